The normalized spacial score (nSPS) is 14.3. The van der Waals surface area contributed by atoms with Crippen molar-refractivity contribution in [2.24, 2.45) is 0 Å². The van der Waals surface area contributed by atoms with E-state index in [0.717, 1.165) is 19.3 Å². The summed E-state index contributed by atoms with van der Waals surface area (Å²) in [5.74, 6) is -0.0535. The number of ether oxygens (including phenoxy) is 1. The molecule has 4 rings (SSSR count). The highest BCUT2D eigenvalue weighted by molar-refractivity contribution is 7.99. The lowest BCUT2D eigenvalue weighted by atomic mass is 9.77. The van der Waals surface area contributed by atoms with Gasteiger partial charge in [0.05, 0.1) is 24.0 Å². The summed E-state index contributed by atoms with van der Waals surface area (Å²) in [7, 11) is 1.35. The molecule has 1 aliphatic rings. The summed E-state index contributed by atoms with van der Waals surface area (Å²) in [4.78, 5) is 20.8. The van der Waals surface area contributed by atoms with Gasteiger partial charge in [0.15, 0.2) is 5.82 Å². The average molecular weight is 534 g/mol. The summed E-state index contributed by atoms with van der Waals surface area (Å²) in [6, 6.07) is 4.91. The molecule has 12 heteroatoms. The third-order valence-electron chi connectivity index (χ3n) is 6.15. The van der Waals surface area contributed by atoms with Crippen molar-refractivity contribution < 1.29 is 13.9 Å². The molecule has 3 aromatic rings. The fourth-order valence-corrected chi connectivity index (χ4v) is 4.63. The standard InChI is InChI=1S/C24H29ClFN7O2S/c1-14(2)33-12-17(21(31-33)16-10-15(25)11-19(20(16)26)32-36-4)18-6-9-27-22(29-18)28-13-24(7-5-8-24)30-23(34)35-3/h6,9-12,14,32H,5,7-8,13H2,1-4H3,(H,30,34)(H,27,28,29). The van der Waals surface area contributed by atoms with Crippen molar-refractivity contribution in [2.45, 2.75) is 44.7 Å². The first-order chi connectivity index (χ1) is 17.2. The van der Waals surface area contributed by atoms with Crippen LogP contribution in [-0.4, -0.2) is 51.3 Å². The molecule has 0 bridgehead atoms. The van der Waals surface area contributed by atoms with E-state index in [1.807, 2.05) is 26.3 Å². The lowest BCUT2D eigenvalue weighted by Gasteiger charge is -2.42. The van der Waals surface area contributed by atoms with Crippen LogP contribution in [0.2, 0.25) is 5.02 Å². The van der Waals surface area contributed by atoms with Crippen molar-refractivity contribution in [2.75, 3.05) is 29.9 Å². The predicted molar refractivity (Wildman–Crippen MR) is 142 cm³/mol. The number of aromatic nitrogens is 4. The Morgan fingerprint density at radius 1 is 1.33 bits per heavy atom. The lowest BCUT2D eigenvalue weighted by molar-refractivity contribution is 0.134. The molecule has 36 heavy (non-hydrogen) atoms. The van der Waals surface area contributed by atoms with Gasteiger partial charge in [-0.1, -0.05) is 23.5 Å². The molecular weight excluding hydrogens is 505 g/mol. The number of carbonyl (C=O) groups excluding carboxylic acids is 1. The second kappa shape index (κ2) is 10.9. The molecule has 1 fully saturated rings. The number of carbonyl (C=O) groups is 1. The largest absolute Gasteiger partial charge is 0.453 e. The number of halogens is 2. The maximum atomic E-state index is 15.5. The number of hydrogen-bond acceptors (Lipinski definition) is 8. The molecule has 0 unspecified atom stereocenters. The Kier molecular flexibility index (Phi) is 7.89. The Morgan fingerprint density at radius 3 is 2.75 bits per heavy atom. The Hall–Kier alpha value is -3.05. The van der Waals surface area contributed by atoms with Gasteiger partial charge in [0.1, 0.15) is 5.69 Å². The van der Waals surface area contributed by atoms with Crippen LogP contribution in [0.25, 0.3) is 22.5 Å². The van der Waals surface area contributed by atoms with Gasteiger partial charge >= 0.3 is 6.09 Å². The van der Waals surface area contributed by atoms with Crippen LogP contribution >= 0.6 is 23.5 Å². The maximum absolute atomic E-state index is 15.5. The average Bonchev–Trinajstić information content (AvgIpc) is 3.28. The minimum atomic E-state index is -0.462. The Bertz CT molecular complexity index is 1250. The number of amides is 1. The van der Waals surface area contributed by atoms with E-state index in [4.69, 9.17) is 16.3 Å². The maximum Gasteiger partial charge on any atom is 0.407 e. The van der Waals surface area contributed by atoms with E-state index in [0.29, 0.717) is 34.5 Å². The van der Waals surface area contributed by atoms with Crippen molar-refractivity contribution in [3.05, 3.63) is 41.4 Å². The van der Waals surface area contributed by atoms with Gasteiger partial charge in [-0.15, -0.1) is 0 Å². The third-order valence-corrected chi connectivity index (χ3v) is 6.79. The SMILES string of the molecule is COC(=O)NC1(CNc2nccc(-c3cn(C(C)C)nc3-c3cc(Cl)cc(NSC)c3F)n2)CCC1. The van der Waals surface area contributed by atoms with Crippen molar-refractivity contribution in [1.82, 2.24) is 25.1 Å². The number of rotatable bonds is 9. The monoisotopic (exact) mass is 533 g/mol. The summed E-state index contributed by atoms with van der Waals surface area (Å²) in [6.45, 7) is 4.44. The summed E-state index contributed by atoms with van der Waals surface area (Å²) < 4.78 is 24.9. The minimum Gasteiger partial charge on any atom is -0.453 e. The quantitative estimate of drug-likeness (QED) is 0.298. The molecule has 2 aromatic heterocycles. The van der Waals surface area contributed by atoms with Crippen molar-refractivity contribution >= 4 is 41.3 Å². The highest BCUT2D eigenvalue weighted by atomic mass is 35.5. The Morgan fingerprint density at radius 2 is 2.11 bits per heavy atom. The van der Waals surface area contributed by atoms with E-state index in [1.165, 1.54) is 19.1 Å². The molecule has 2 heterocycles. The van der Waals surface area contributed by atoms with E-state index in [9.17, 15) is 4.79 Å². The first-order valence-corrected chi connectivity index (χ1v) is 13.2. The lowest BCUT2D eigenvalue weighted by Crippen LogP contribution is -2.57. The molecule has 192 valence electrons. The molecule has 0 saturated heterocycles. The number of nitrogens with one attached hydrogen (secondary N) is 3. The number of benzene rings is 1. The van der Waals surface area contributed by atoms with E-state index in [1.54, 1.807) is 29.1 Å². The van der Waals surface area contributed by atoms with Gasteiger partial charge in [0, 0.05) is 47.4 Å². The van der Waals surface area contributed by atoms with Crippen LogP contribution in [0, 0.1) is 5.82 Å². The molecule has 1 aliphatic carbocycles. The van der Waals surface area contributed by atoms with E-state index >= 15 is 4.39 Å². The molecule has 1 aromatic carbocycles. The number of hydrogen-bond donors (Lipinski definition) is 3. The van der Waals surface area contributed by atoms with Crippen molar-refractivity contribution in [1.29, 1.82) is 0 Å². The van der Waals surface area contributed by atoms with E-state index < -0.39 is 17.4 Å². The summed E-state index contributed by atoms with van der Waals surface area (Å²) >= 11 is 7.60. The Labute approximate surface area is 218 Å². The molecular formula is C24H29ClFN7O2S. The van der Waals surface area contributed by atoms with Gasteiger partial charge in [-0.25, -0.2) is 19.2 Å². The number of nitrogens with zero attached hydrogens (tertiary/aromatic N) is 4. The topological polar surface area (TPSA) is 106 Å². The molecule has 0 atom stereocenters. The van der Waals surface area contributed by atoms with Crippen LogP contribution in [0.5, 0.6) is 0 Å². The van der Waals surface area contributed by atoms with Gasteiger partial charge in [-0.2, -0.15) is 5.10 Å². The van der Waals surface area contributed by atoms with E-state index in [-0.39, 0.29) is 17.3 Å². The van der Waals surface area contributed by atoms with E-state index in [2.05, 4.69) is 30.4 Å². The third kappa shape index (κ3) is 5.52. The zero-order chi connectivity index (χ0) is 25.9. The molecule has 1 amide bonds. The minimum absolute atomic E-state index is 0.0471. The highest BCUT2D eigenvalue weighted by Crippen LogP contribution is 2.37. The molecule has 0 spiro atoms. The second-order valence-corrected chi connectivity index (χ2v) is 10.0. The molecule has 3 N–H and O–H groups in total. The zero-order valence-corrected chi connectivity index (χ0v) is 22.1. The zero-order valence-electron chi connectivity index (χ0n) is 20.6. The van der Waals surface area contributed by atoms with Crippen LogP contribution in [0.1, 0.15) is 39.2 Å². The van der Waals surface area contributed by atoms with Crippen LogP contribution < -0.4 is 15.4 Å². The van der Waals surface area contributed by atoms with Crippen LogP contribution in [0.3, 0.4) is 0 Å². The summed E-state index contributed by atoms with van der Waals surface area (Å²) in [6.07, 6.45) is 7.51. The number of methoxy groups -OCH3 is 1. The first kappa shape index (κ1) is 26.0. The fraction of sp³-hybridized carbons (Fsp3) is 0.417. The first-order valence-electron chi connectivity index (χ1n) is 11.6. The number of anilines is 2. The van der Waals surface area contributed by atoms with Gasteiger partial charge in [0.25, 0.3) is 0 Å². The molecule has 1 saturated carbocycles. The highest BCUT2D eigenvalue weighted by Gasteiger charge is 2.38. The predicted octanol–water partition coefficient (Wildman–Crippen LogP) is 5.76. The van der Waals surface area contributed by atoms with Gasteiger partial charge in [-0.3, -0.25) is 4.68 Å². The van der Waals surface area contributed by atoms with Crippen LogP contribution in [0.15, 0.2) is 30.6 Å². The molecule has 0 aliphatic heterocycles. The summed E-state index contributed by atoms with van der Waals surface area (Å²) in [5.41, 5.74) is 1.82. The fourth-order valence-electron chi connectivity index (χ4n) is 4.05. The molecule has 0 radical (unpaired) electrons. The number of alkyl carbamates (subject to hydrolysis) is 1. The van der Waals surface area contributed by atoms with Crippen LogP contribution in [-0.2, 0) is 4.74 Å². The smallest absolute Gasteiger partial charge is 0.407 e. The van der Waals surface area contributed by atoms with Gasteiger partial charge < -0.3 is 20.1 Å². The second-order valence-electron chi connectivity index (χ2n) is 8.96. The van der Waals surface area contributed by atoms with Gasteiger partial charge in [-0.05, 0) is 51.3 Å². The molecule has 9 nitrogen and oxygen atoms in total. The van der Waals surface area contributed by atoms with Crippen molar-refractivity contribution in [3.63, 3.8) is 0 Å². The summed E-state index contributed by atoms with van der Waals surface area (Å²) in [5, 5.41) is 11.2. The van der Waals surface area contributed by atoms with Gasteiger partial charge in [0.2, 0.25) is 5.95 Å². The Balaban J connectivity index is 1.68. The van der Waals surface area contributed by atoms with Crippen molar-refractivity contribution in [3.8, 4) is 22.5 Å². The van der Waals surface area contributed by atoms with Crippen LogP contribution in [0.4, 0.5) is 20.8 Å².